The lowest BCUT2D eigenvalue weighted by Crippen LogP contribution is -2.09. The summed E-state index contributed by atoms with van der Waals surface area (Å²) in [4.78, 5) is 27.7. The lowest BCUT2D eigenvalue weighted by molar-refractivity contribution is 0.217. The van der Waals surface area contributed by atoms with Crippen LogP contribution < -0.4 is 9.47 Å². The number of aliphatic imine (C=N–C) groups is 2. The molecule has 0 radical (unpaired) electrons. The number of hydrogen-bond donors (Lipinski definition) is 0. The molecule has 0 aliphatic heterocycles. The SMILES string of the molecule is C(=Nc1cc2cccnc2c2ncccc12)c1ccc(OCCOc2ccc(C=Nc3cc4cccnc4c4ncccc34)cc2)cc1. The zero-order chi connectivity index (χ0) is 32.1. The summed E-state index contributed by atoms with van der Waals surface area (Å²) in [5.41, 5.74) is 7.08. The standard InChI is InChI=1S/C40H28N6O2/c1-5-29-23-35(33-7-3-19-43-39(33)37(29)41-17-1)45-25-27-9-13-31(14-10-27)47-21-22-48-32-15-11-28(12-16-32)26-46-36-24-30-6-2-18-42-38(30)40-34(36)8-4-20-44-40/h1-20,23-26H,21-22H2. The van der Waals surface area contributed by atoms with Crippen molar-refractivity contribution in [2.45, 2.75) is 0 Å². The van der Waals surface area contributed by atoms with Crippen LogP contribution in [0.4, 0.5) is 11.4 Å². The molecule has 0 fully saturated rings. The summed E-state index contributed by atoms with van der Waals surface area (Å²) in [6.07, 6.45) is 10.8. The van der Waals surface area contributed by atoms with Crippen molar-refractivity contribution in [1.82, 2.24) is 19.9 Å². The smallest absolute Gasteiger partial charge is 0.122 e. The van der Waals surface area contributed by atoms with Crippen molar-refractivity contribution in [3.63, 3.8) is 0 Å². The number of ether oxygens (including phenoxy) is 2. The largest absolute Gasteiger partial charge is 0.490 e. The molecule has 4 aromatic heterocycles. The quantitative estimate of drug-likeness (QED) is 0.0905. The Bertz CT molecular complexity index is 2290. The monoisotopic (exact) mass is 624 g/mol. The lowest BCUT2D eigenvalue weighted by Gasteiger charge is -2.09. The van der Waals surface area contributed by atoms with E-state index in [0.29, 0.717) is 13.2 Å². The van der Waals surface area contributed by atoms with Crippen LogP contribution in [0, 0.1) is 0 Å². The van der Waals surface area contributed by atoms with E-state index in [1.165, 1.54) is 0 Å². The molecule has 230 valence electrons. The van der Waals surface area contributed by atoms with Gasteiger partial charge in [-0.2, -0.15) is 0 Å². The van der Waals surface area contributed by atoms with Crippen molar-refractivity contribution in [3.8, 4) is 11.5 Å². The predicted molar refractivity (Wildman–Crippen MR) is 192 cm³/mol. The summed E-state index contributed by atoms with van der Waals surface area (Å²) in [7, 11) is 0. The molecule has 8 nitrogen and oxygen atoms in total. The Labute approximate surface area is 276 Å². The molecule has 0 atom stereocenters. The van der Waals surface area contributed by atoms with E-state index in [-0.39, 0.29) is 0 Å². The van der Waals surface area contributed by atoms with Gasteiger partial charge in [0.1, 0.15) is 24.7 Å². The summed E-state index contributed by atoms with van der Waals surface area (Å²) in [6.45, 7) is 0.831. The molecule has 0 amide bonds. The van der Waals surface area contributed by atoms with Crippen LogP contribution >= 0.6 is 0 Å². The number of rotatable bonds is 9. The molecule has 0 unspecified atom stereocenters. The van der Waals surface area contributed by atoms with E-state index in [2.05, 4.69) is 19.9 Å². The maximum Gasteiger partial charge on any atom is 0.122 e. The van der Waals surface area contributed by atoms with Gasteiger partial charge >= 0.3 is 0 Å². The van der Waals surface area contributed by atoms with Gasteiger partial charge in [-0.25, -0.2) is 0 Å². The first-order chi connectivity index (χ1) is 23.8. The van der Waals surface area contributed by atoms with Crippen molar-refractivity contribution in [2.75, 3.05) is 13.2 Å². The summed E-state index contributed by atoms with van der Waals surface area (Å²) >= 11 is 0. The summed E-state index contributed by atoms with van der Waals surface area (Å²) in [5.74, 6) is 1.53. The zero-order valence-electron chi connectivity index (χ0n) is 25.8. The van der Waals surface area contributed by atoms with Crippen LogP contribution in [0.25, 0.3) is 43.6 Å². The molecule has 8 aromatic rings. The van der Waals surface area contributed by atoms with Gasteiger partial charge in [-0.15, -0.1) is 0 Å². The molecular formula is C40H28N6O2. The molecule has 4 aromatic carbocycles. The molecular weight excluding hydrogens is 596 g/mol. The summed E-state index contributed by atoms with van der Waals surface area (Å²) < 4.78 is 11.8. The van der Waals surface area contributed by atoms with Crippen molar-refractivity contribution in [2.24, 2.45) is 9.98 Å². The highest BCUT2D eigenvalue weighted by molar-refractivity contribution is 6.10. The fraction of sp³-hybridized carbons (Fsp3) is 0.0500. The van der Waals surface area contributed by atoms with Crippen LogP contribution in [0.3, 0.4) is 0 Å². The van der Waals surface area contributed by atoms with Crippen molar-refractivity contribution < 1.29 is 9.47 Å². The van der Waals surface area contributed by atoms with Crippen LogP contribution in [0.5, 0.6) is 11.5 Å². The third-order valence-electron chi connectivity index (χ3n) is 7.96. The van der Waals surface area contributed by atoms with Crippen LogP contribution in [0.2, 0.25) is 0 Å². The molecule has 8 heteroatoms. The molecule has 0 N–H and O–H groups in total. The minimum Gasteiger partial charge on any atom is -0.490 e. The van der Waals surface area contributed by atoms with Crippen molar-refractivity contribution in [3.05, 3.63) is 145 Å². The summed E-state index contributed by atoms with van der Waals surface area (Å²) in [5, 5.41) is 3.95. The van der Waals surface area contributed by atoms with E-state index < -0.39 is 0 Å². The average molecular weight is 625 g/mol. The summed E-state index contributed by atoms with van der Waals surface area (Å²) in [6, 6.07) is 35.6. The lowest BCUT2D eigenvalue weighted by atomic mass is 10.1. The van der Waals surface area contributed by atoms with Gasteiger partial charge in [0.25, 0.3) is 0 Å². The van der Waals surface area contributed by atoms with E-state index in [4.69, 9.17) is 19.5 Å². The van der Waals surface area contributed by atoms with Gasteiger partial charge in [-0.05, 0) is 108 Å². The molecule has 0 saturated carbocycles. The van der Waals surface area contributed by atoms with Crippen LogP contribution in [-0.4, -0.2) is 45.6 Å². The number of benzene rings is 4. The number of hydrogen-bond acceptors (Lipinski definition) is 8. The fourth-order valence-electron chi connectivity index (χ4n) is 5.64. The topological polar surface area (TPSA) is 94.7 Å². The van der Waals surface area contributed by atoms with Gasteiger partial charge in [0, 0.05) is 58.8 Å². The minimum atomic E-state index is 0.415. The van der Waals surface area contributed by atoms with E-state index >= 15 is 0 Å². The number of pyridine rings is 4. The van der Waals surface area contributed by atoms with E-state index in [0.717, 1.165) is 77.6 Å². The van der Waals surface area contributed by atoms with E-state index in [1.807, 2.05) is 122 Å². The first-order valence-electron chi connectivity index (χ1n) is 15.6. The normalized spacial score (nSPS) is 11.8. The van der Waals surface area contributed by atoms with Crippen molar-refractivity contribution in [1.29, 1.82) is 0 Å². The third kappa shape index (κ3) is 6.02. The Hall–Kier alpha value is -6.54. The number of aromatic nitrogens is 4. The fourth-order valence-corrected chi connectivity index (χ4v) is 5.64. The second-order valence-electron chi connectivity index (χ2n) is 11.1. The molecule has 8 rings (SSSR count). The van der Waals surface area contributed by atoms with Gasteiger partial charge in [0.05, 0.1) is 33.4 Å². The molecule has 0 saturated heterocycles. The Kier molecular flexibility index (Phi) is 7.86. The van der Waals surface area contributed by atoms with Crippen LogP contribution in [0.15, 0.2) is 144 Å². The highest BCUT2D eigenvalue weighted by Crippen LogP contribution is 2.32. The van der Waals surface area contributed by atoms with Gasteiger partial charge in [-0.1, -0.05) is 12.1 Å². The molecule has 0 spiro atoms. The van der Waals surface area contributed by atoms with Gasteiger partial charge < -0.3 is 9.47 Å². The highest BCUT2D eigenvalue weighted by atomic mass is 16.5. The predicted octanol–water partition coefficient (Wildman–Crippen LogP) is 8.84. The average Bonchev–Trinajstić information content (AvgIpc) is 3.15. The highest BCUT2D eigenvalue weighted by Gasteiger charge is 2.09. The minimum absolute atomic E-state index is 0.415. The maximum absolute atomic E-state index is 5.91. The molecule has 0 aliphatic rings. The number of nitrogens with zero attached hydrogens (tertiary/aromatic N) is 6. The van der Waals surface area contributed by atoms with Gasteiger partial charge in [0.15, 0.2) is 0 Å². The Morgan fingerprint density at radius 2 is 0.854 bits per heavy atom. The second kappa shape index (κ2) is 13.1. The van der Waals surface area contributed by atoms with Crippen LogP contribution in [0.1, 0.15) is 11.1 Å². The van der Waals surface area contributed by atoms with Crippen LogP contribution in [-0.2, 0) is 0 Å². The first-order valence-corrected chi connectivity index (χ1v) is 15.6. The Morgan fingerprint density at radius 1 is 0.458 bits per heavy atom. The molecule has 0 bridgehead atoms. The molecule has 0 aliphatic carbocycles. The maximum atomic E-state index is 5.91. The van der Waals surface area contributed by atoms with Gasteiger partial charge in [0.2, 0.25) is 0 Å². The Morgan fingerprint density at radius 3 is 1.29 bits per heavy atom. The molecule has 48 heavy (non-hydrogen) atoms. The van der Waals surface area contributed by atoms with Gasteiger partial charge in [-0.3, -0.25) is 29.9 Å². The zero-order valence-corrected chi connectivity index (χ0v) is 25.8. The van der Waals surface area contributed by atoms with E-state index in [9.17, 15) is 0 Å². The first kappa shape index (κ1) is 28.9. The molecule has 4 heterocycles. The van der Waals surface area contributed by atoms with Crippen molar-refractivity contribution >= 4 is 67.4 Å². The van der Waals surface area contributed by atoms with E-state index in [1.54, 1.807) is 24.8 Å². The Balaban J connectivity index is 0.863. The third-order valence-corrected chi connectivity index (χ3v) is 7.96. The second-order valence-corrected chi connectivity index (χ2v) is 11.1. The number of fused-ring (bicyclic) bond motifs is 6.